The molecule has 19 heavy (non-hydrogen) atoms. The van der Waals surface area contributed by atoms with Gasteiger partial charge in [0.1, 0.15) is 0 Å². The summed E-state index contributed by atoms with van der Waals surface area (Å²) >= 11 is 0. The van der Waals surface area contributed by atoms with E-state index < -0.39 is 0 Å². The summed E-state index contributed by atoms with van der Waals surface area (Å²) in [5, 5.41) is 6.23. The van der Waals surface area contributed by atoms with Crippen LogP contribution in [0.15, 0.2) is 24.4 Å². The smallest absolute Gasteiger partial charge is 0.220 e. The molecule has 2 N–H and O–H groups in total. The van der Waals surface area contributed by atoms with E-state index in [0.29, 0.717) is 13.0 Å². The third-order valence-electron chi connectivity index (χ3n) is 3.28. The predicted octanol–water partition coefficient (Wildman–Crippen LogP) is 0.383. The lowest BCUT2D eigenvalue weighted by Crippen LogP contribution is -2.43. The van der Waals surface area contributed by atoms with Crippen LogP contribution in [0.25, 0.3) is 0 Å². The van der Waals surface area contributed by atoms with E-state index in [2.05, 4.69) is 20.5 Å². The topological polar surface area (TPSA) is 57.3 Å². The summed E-state index contributed by atoms with van der Waals surface area (Å²) in [4.78, 5) is 18.3. The molecule has 1 fully saturated rings. The first-order valence-corrected chi connectivity index (χ1v) is 6.94. The molecule has 104 valence electrons. The molecule has 0 aliphatic carbocycles. The van der Waals surface area contributed by atoms with Crippen molar-refractivity contribution in [3.8, 4) is 0 Å². The minimum absolute atomic E-state index is 0.112. The number of pyridine rings is 1. The molecule has 0 atom stereocenters. The van der Waals surface area contributed by atoms with Crippen molar-refractivity contribution in [2.24, 2.45) is 0 Å². The maximum absolute atomic E-state index is 11.7. The summed E-state index contributed by atoms with van der Waals surface area (Å²) in [7, 11) is 0. The fraction of sp³-hybridized carbons (Fsp3) is 0.571. The van der Waals surface area contributed by atoms with E-state index in [4.69, 9.17) is 0 Å². The monoisotopic (exact) mass is 262 g/mol. The van der Waals surface area contributed by atoms with Gasteiger partial charge >= 0.3 is 0 Å². The average Bonchev–Trinajstić information content (AvgIpc) is 2.47. The number of aromatic nitrogens is 1. The van der Waals surface area contributed by atoms with Gasteiger partial charge in [-0.25, -0.2) is 0 Å². The summed E-state index contributed by atoms with van der Waals surface area (Å²) in [6, 6.07) is 5.72. The minimum Gasteiger partial charge on any atom is -0.350 e. The van der Waals surface area contributed by atoms with Crippen LogP contribution >= 0.6 is 0 Å². The number of nitrogens with zero attached hydrogens (tertiary/aromatic N) is 2. The molecule has 1 aliphatic rings. The molecule has 0 unspecified atom stereocenters. The van der Waals surface area contributed by atoms with Crippen LogP contribution in [0.2, 0.25) is 0 Å². The molecule has 1 aromatic rings. The number of carbonyl (C=O) groups excluding carboxylic acids is 1. The van der Waals surface area contributed by atoms with Crippen LogP contribution < -0.4 is 10.6 Å². The highest BCUT2D eigenvalue weighted by molar-refractivity contribution is 5.75. The molecule has 1 amide bonds. The standard InChI is InChI=1S/C14H22N4O/c19-14(17-12-13-4-1-2-6-16-13)5-3-9-18-10-7-15-8-11-18/h1-2,4,6,15H,3,5,7-12H2,(H,17,19). The summed E-state index contributed by atoms with van der Waals surface area (Å²) in [6.45, 7) is 5.84. The Morgan fingerprint density at radius 3 is 2.95 bits per heavy atom. The Labute approximate surface area is 114 Å². The van der Waals surface area contributed by atoms with E-state index in [0.717, 1.165) is 44.8 Å². The number of rotatable bonds is 6. The first-order valence-electron chi connectivity index (χ1n) is 6.94. The van der Waals surface area contributed by atoms with Crippen molar-refractivity contribution in [2.75, 3.05) is 32.7 Å². The zero-order valence-corrected chi connectivity index (χ0v) is 11.3. The summed E-state index contributed by atoms with van der Waals surface area (Å²) in [6.07, 6.45) is 3.26. The molecular formula is C14H22N4O. The second-order valence-corrected chi connectivity index (χ2v) is 4.79. The quantitative estimate of drug-likeness (QED) is 0.778. The molecule has 1 saturated heterocycles. The van der Waals surface area contributed by atoms with Crippen molar-refractivity contribution >= 4 is 5.91 Å². The van der Waals surface area contributed by atoms with E-state index in [1.54, 1.807) is 6.20 Å². The second-order valence-electron chi connectivity index (χ2n) is 4.79. The average molecular weight is 262 g/mol. The van der Waals surface area contributed by atoms with Crippen molar-refractivity contribution in [3.05, 3.63) is 30.1 Å². The van der Waals surface area contributed by atoms with Crippen molar-refractivity contribution in [1.82, 2.24) is 20.5 Å². The zero-order valence-electron chi connectivity index (χ0n) is 11.3. The van der Waals surface area contributed by atoms with Crippen molar-refractivity contribution in [1.29, 1.82) is 0 Å². The summed E-state index contributed by atoms with van der Waals surface area (Å²) in [5.74, 6) is 0.112. The van der Waals surface area contributed by atoms with Crippen LogP contribution in [0.4, 0.5) is 0 Å². The van der Waals surface area contributed by atoms with Gasteiger partial charge in [-0.2, -0.15) is 0 Å². The Morgan fingerprint density at radius 2 is 2.21 bits per heavy atom. The number of hydrogen-bond acceptors (Lipinski definition) is 4. The van der Waals surface area contributed by atoms with Crippen LogP contribution in [0.5, 0.6) is 0 Å². The Hall–Kier alpha value is -1.46. The van der Waals surface area contributed by atoms with E-state index in [1.807, 2.05) is 18.2 Å². The van der Waals surface area contributed by atoms with Gasteiger partial charge in [0.25, 0.3) is 0 Å². The highest BCUT2D eigenvalue weighted by atomic mass is 16.1. The number of carbonyl (C=O) groups is 1. The number of piperazine rings is 1. The molecule has 0 spiro atoms. The maximum atomic E-state index is 11.7. The highest BCUT2D eigenvalue weighted by Crippen LogP contribution is 1.98. The zero-order chi connectivity index (χ0) is 13.3. The third kappa shape index (κ3) is 5.36. The molecular weight excluding hydrogens is 240 g/mol. The number of hydrogen-bond donors (Lipinski definition) is 2. The lowest BCUT2D eigenvalue weighted by Gasteiger charge is -2.26. The maximum Gasteiger partial charge on any atom is 0.220 e. The van der Waals surface area contributed by atoms with E-state index in [-0.39, 0.29) is 5.91 Å². The van der Waals surface area contributed by atoms with Gasteiger partial charge in [-0.3, -0.25) is 9.78 Å². The molecule has 0 bridgehead atoms. The van der Waals surface area contributed by atoms with Crippen LogP contribution in [-0.4, -0.2) is 48.5 Å². The lowest BCUT2D eigenvalue weighted by molar-refractivity contribution is -0.121. The first kappa shape index (κ1) is 14.0. The van der Waals surface area contributed by atoms with Gasteiger partial charge in [0.2, 0.25) is 5.91 Å². The van der Waals surface area contributed by atoms with Crippen LogP contribution in [0.1, 0.15) is 18.5 Å². The van der Waals surface area contributed by atoms with Gasteiger partial charge in [0.05, 0.1) is 12.2 Å². The molecule has 0 radical (unpaired) electrons. The van der Waals surface area contributed by atoms with Gasteiger partial charge in [-0.15, -0.1) is 0 Å². The first-order chi connectivity index (χ1) is 9.34. The van der Waals surface area contributed by atoms with Crippen LogP contribution in [-0.2, 0) is 11.3 Å². The fourth-order valence-electron chi connectivity index (χ4n) is 2.18. The van der Waals surface area contributed by atoms with Gasteiger partial charge < -0.3 is 15.5 Å². The predicted molar refractivity (Wildman–Crippen MR) is 74.6 cm³/mol. The van der Waals surface area contributed by atoms with Crippen molar-refractivity contribution in [2.45, 2.75) is 19.4 Å². The molecule has 5 nitrogen and oxygen atoms in total. The van der Waals surface area contributed by atoms with E-state index >= 15 is 0 Å². The lowest BCUT2D eigenvalue weighted by atomic mass is 10.2. The normalized spacial score (nSPS) is 16.2. The Balaban J connectivity index is 1.57. The molecule has 2 rings (SSSR count). The van der Waals surface area contributed by atoms with Crippen molar-refractivity contribution < 1.29 is 4.79 Å². The van der Waals surface area contributed by atoms with Gasteiger partial charge in [-0.05, 0) is 25.1 Å². The Bertz CT molecular complexity index is 376. The molecule has 0 aromatic carbocycles. The van der Waals surface area contributed by atoms with Gasteiger partial charge in [0, 0.05) is 38.8 Å². The van der Waals surface area contributed by atoms with Crippen LogP contribution in [0, 0.1) is 0 Å². The fourth-order valence-corrected chi connectivity index (χ4v) is 2.18. The van der Waals surface area contributed by atoms with Crippen LogP contribution in [0.3, 0.4) is 0 Å². The Morgan fingerprint density at radius 1 is 1.37 bits per heavy atom. The SMILES string of the molecule is O=C(CCCN1CCNCC1)NCc1ccccn1. The minimum atomic E-state index is 0.112. The van der Waals surface area contributed by atoms with Gasteiger partial charge in [0.15, 0.2) is 0 Å². The highest BCUT2D eigenvalue weighted by Gasteiger charge is 2.09. The number of nitrogens with one attached hydrogen (secondary N) is 2. The molecule has 1 aliphatic heterocycles. The molecule has 1 aromatic heterocycles. The summed E-state index contributed by atoms with van der Waals surface area (Å²) in [5.41, 5.74) is 0.901. The molecule has 5 heteroatoms. The molecule has 0 saturated carbocycles. The van der Waals surface area contributed by atoms with E-state index in [1.165, 1.54) is 0 Å². The second kappa shape index (κ2) is 7.86. The molecule has 2 heterocycles. The Kier molecular flexibility index (Phi) is 5.78. The largest absolute Gasteiger partial charge is 0.350 e. The third-order valence-corrected chi connectivity index (χ3v) is 3.28. The number of amides is 1. The summed E-state index contributed by atoms with van der Waals surface area (Å²) < 4.78 is 0. The van der Waals surface area contributed by atoms with E-state index in [9.17, 15) is 4.79 Å². The van der Waals surface area contributed by atoms with Gasteiger partial charge in [-0.1, -0.05) is 6.07 Å². The van der Waals surface area contributed by atoms with Crippen molar-refractivity contribution in [3.63, 3.8) is 0 Å².